The molecule has 1 unspecified atom stereocenters. The summed E-state index contributed by atoms with van der Waals surface area (Å²) in [6, 6.07) is 29.6. The van der Waals surface area contributed by atoms with Crippen LogP contribution in [-0.2, 0) is 6.61 Å². The first-order valence-corrected chi connectivity index (χ1v) is 12.3. The van der Waals surface area contributed by atoms with Gasteiger partial charge in [-0.1, -0.05) is 60.2 Å². The molecule has 0 fully saturated rings. The van der Waals surface area contributed by atoms with Crippen LogP contribution in [0.25, 0.3) is 0 Å². The maximum absolute atomic E-state index is 12.5. The average molecular weight is 519 g/mol. The molecule has 0 aliphatic carbocycles. The number of aryl methyl sites for hydroxylation is 1. The predicted molar refractivity (Wildman–Crippen MR) is 146 cm³/mol. The molecule has 0 aromatic heterocycles. The van der Waals surface area contributed by atoms with Gasteiger partial charge in [-0.05, 0) is 48.4 Å². The smallest absolute Gasteiger partial charge is 0.343 e. The lowest BCUT2D eigenvalue weighted by Gasteiger charge is -2.27. The first-order valence-electron chi connectivity index (χ1n) is 12.3. The fraction of sp³-hybridized carbons (Fsp3) is 0.125. The Balaban J connectivity index is 1.43. The van der Waals surface area contributed by atoms with Crippen LogP contribution < -0.4 is 24.7 Å². The second-order valence-corrected chi connectivity index (χ2v) is 9.06. The van der Waals surface area contributed by atoms with E-state index in [2.05, 4.69) is 6.07 Å². The number of hydrogen-bond donors (Lipinski definition) is 1. The number of esters is 1. The number of benzene rings is 4. The molecule has 0 bridgehead atoms. The zero-order valence-corrected chi connectivity index (χ0v) is 21.5. The Labute approximate surface area is 226 Å². The Bertz CT molecular complexity index is 1590. The number of nitriles is 1. The van der Waals surface area contributed by atoms with Crippen molar-refractivity contribution in [2.24, 2.45) is 5.73 Å². The van der Waals surface area contributed by atoms with E-state index in [1.807, 2.05) is 55.5 Å². The molecule has 1 atom stereocenters. The Hall–Kier alpha value is -5.22. The van der Waals surface area contributed by atoms with Crippen molar-refractivity contribution in [2.75, 3.05) is 7.11 Å². The van der Waals surface area contributed by atoms with Crippen LogP contribution in [0.2, 0.25) is 0 Å². The van der Waals surface area contributed by atoms with Gasteiger partial charge in [-0.15, -0.1) is 0 Å². The molecular formula is C32H26N2O5. The van der Waals surface area contributed by atoms with E-state index in [4.69, 9.17) is 24.7 Å². The monoisotopic (exact) mass is 518 g/mol. The molecule has 7 nitrogen and oxygen atoms in total. The van der Waals surface area contributed by atoms with Crippen LogP contribution in [-0.4, -0.2) is 13.1 Å². The van der Waals surface area contributed by atoms with E-state index in [-0.39, 0.29) is 11.5 Å². The number of nitrogens with two attached hydrogens (primary N) is 1. The summed E-state index contributed by atoms with van der Waals surface area (Å²) in [7, 11) is 1.57. The molecule has 1 heterocycles. The largest absolute Gasteiger partial charge is 0.493 e. The molecule has 1 aliphatic rings. The van der Waals surface area contributed by atoms with Crippen LogP contribution in [0.5, 0.6) is 23.0 Å². The predicted octanol–water partition coefficient (Wildman–Crippen LogP) is 6.02. The first-order chi connectivity index (χ1) is 19.0. The summed E-state index contributed by atoms with van der Waals surface area (Å²) in [5.74, 6) is 0.776. The molecule has 0 saturated heterocycles. The molecule has 0 spiro atoms. The molecule has 4 aromatic rings. The number of rotatable bonds is 7. The second kappa shape index (κ2) is 11.0. The third-order valence-electron chi connectivity index (χ3n) is 6.45. The average Bonchev–Trinajstić information content (AvgIpc) is 2.96. The minimum atomic E-state index is -0.516. The molecule has 0 saturated carbocycles. The van der Waals surface area contributed by atoms with E-state index in [1.165, 1.54) is 5.56 Å². The van der Waals surface area contributed by atoms with E-state index in [0.717, 1.165) is 11.1 Å². The standard InChI is InChI=1S/C32H26N2O5/c1-20-8-10-21(11-9-20)19-37-27-15-12-23(16-29(27)36-2)30-25-14-13-24(17-28(25)39-31(34)26(30)18-33)38-32(35)22-6-4-3-5-7-22/h3-17,30H,19,34H2,1-2H3. The van der Waals surface area contributed by atoms with Crippen molar-refractivity contribution >= 4 is 5.97 Å². The molecule has 7 heteroatoms. The SMILES string of the molecule is COc1cc(C2C(C#N)=C(N)Oc3cc(OC(=O)c4ccccc4)ccc32)ccc1OCc1ccc(C)cc1. The summed E-state index contributed by atoms with van der Waals surface area (Å²) in [4.78, 5) is 12.5. The van der Waals surface area contributed by atoms with Crippen molar-refractivity contribution in [3.63, 3.8) is 0 Å². The molecule has 194 valence electrons. The molecule has 0 amide bonds. The fourth-order valence-electron chi connectivity index (χ4n) is 4.41. The second-order valence-electron chi connectivity index (χ2n) is 9.06. The number of ether oxygens (including phenoxy) is 4. The number of carbonyl (C=O) groups is 1. The number of fused-ring (bicyclic) bond motifs is 1. The minimum absolute atomic E-state index is 0.0137. The van der Waals surface area contributed by atoms with Crippen molar-refractivity contribution in [1.29, 1.82) is 5.26 Å². The highest BCUT2D eigenvalue weighted by Gasteiger charge is 2.32. The van der Waals surface area contributed by atoms with Gasteiger partial charge in [0.1, 0.15) is 29.7 Å². The Kier molecular flexibility index (Phi) is 7.19. The lowest BCUT2D eigenvalue weighted by molar-refractivity contribution is 0.0734. The number of allylic oxidation sites excluding steroid dienone is 1. The van der Waals surface area contributed by atoms with Crippen LogP contribution in [0.15, 0.2) is 102 Å². The van der Waals surface area contributed by atoms with Gasteiger partial charge in [-0.3, -0.25) is 0 Å². The molecule has 1 aliphatic heterocycles. The van der Waals surface area contributed by atoms with Crippen LogP contribution in [0.4, 0.5) is 0 Å². The van der Waals surface area contributed by atoms with Crippen molar-refractivity contribution in [3.05, 3.63) is 130 Å². The third kappa shape index (κ3) is 5.41. The van der Waals surface area contributed by atoms with Crippen molar-refractivity contribution in [1.82, 2.24) is 0 Å². The third-order valence-corrected chi connectivity index (χ3v) is 6.45. The van der Waals surface area contributed by atoms with Crippen molar-refractivity contribution < 1.29 is 23.7 Å². The molecule has 0 radical (unpaired) electrons. The van der Waals surface area contributed by atoms with Gasteiger partial charge in [-0.25, -0.2) is 4.79 Å². The quantitative estimate of drug-likeness (QED) is 0.236. The van der Waals surface area contributed by atoms with Gasteiger partial charge in [0.25, 0.3) is 0 Å². The Morgan fingerprint density at radius 2 is 1.74 bits per heavy atom. The van der Waals surface area contributed by atoms with Gasteiger partial charge in [0.2, 0.25) is 5.88 Å². The van der Waals surface area contributed by atoms with Crippen LogP contribution in [0.1, 0.15) is 38.5 Å². The van der Waals surface area contributed by atoms with Gasteiger partial charge in [0, 0.05) is 11.6 Å². The van der Waals surface area contributed by atoms with Gasteiger partial charge in [0.05, 0.1) is 18.6 Å². The zero-order valence-electron chi connectivity index (χ0n) is 21.5. The zero-order chi connectivity index (χ0) is 27.4. The molecule has 2 N–H and O–H groups in total. The van der Waals surface area contributed by atoms with E-state index >= 15 is 0 Å². The maximum atomic E-state index is 12.5. The van der Waals surface area contributed by atoms with Crippen LogP contribution in [0.3, 0.4) is 0 Å². The summed E-state index contributed by atoms with van der Waals surface area (Å²) >= 11 is 0. The molecule has 4 aromatic carbocycles. The number of hydrogen-bond acceptors (Lipinski definition) is 7. The van der Waals surface area contributed by atoms with E-state index in [0.29, 0.717) is 40.7 Å². The number of methoxy groups -OCH3 is 1. The van der Waals surface area contributed by atoms with E-state index in [1.54, 1.807) is 49.6 Å². The Morgan fingerprint density at radius 3 is 2.46 bits per heavy atom. The van der Waals surface area contributed by atoms with Gasteiger partial charge >= 0.3 is 5.97 Å². The van der Waals surface area contributed by atoms with Gasteiger partial charge in [0.15, 0.2) is 11.5 Å². The molecular weight excluding hydrogens is 492 g/mol. The van der Waals surface area contributed by atoms with Crippen LogP contribution in [0, 0.1) is 18.3 Å². The van der Waals surface area contributed by atoms with E-state index in [9.17, 15) is 10.1 Å². The fourth-order valence-corrected chi connectivity index (χ4v) is 4.41. The lowest BCUT2D eigenvalue weighted by Crippen LogP contribution is -2.21. The summed E-state index contributed by atoms with van der Waals surface area (Å²) < 4.78 is 23.0. The highest BCUT2D eigenvalue weighted by Crippen LogP contribution is 2.45. The molecule has 39 heavy (non-hydrogen) atoms. The van der Waals surface area contributed by atoms with Gasteiger partial charge < -0.3 is 24.7 Å². The molecule has 5 rings (SSSR count). The maximum Gasteiger partial charge on any atom is 0.343 e. The summed E-state index contributed by atoms with van der Waals surface area (Å²) in [6.45, 7) is 2.42. The summed E-state index contributed by atoms with van der Waals surface area (Å²) in [5.41, 5.74) is 10.6. The summed E-state index contributed by atoms with van der Waals surface area (Å²) in [6.07, 6.45) is 0. The highest BCUT2D eigenvalue weighted by atomic mass is 16.5. The first kappa shape index (κ1) is 25.4. The Morgan fingerprint density at radius 1 is 0.974 bits per heavy atom. The van der Waals surface area contributed by atoms with E-state index < -0.39 is 11.9 Å². The number of carbonyl (C=O) groups excluding carboxylic acids is 1. The summed E-state index contributed by atoms with van der Waals surface area (Å²) in [5, 5.41) is 9.94. The minimum Gasteiger partial charge on any atom is -0.493 e. The van der Waals surface area contributed by atoms with Gasteiger partial charge in [-0.2, -0.15) is 5.26 Å². The highest BCUT2D eigenvalue weighted by molar-refractivity contribution is 5.91. The van der Waals surface area contributed by atoms with Crippen LogP contribution >= 0.6 is 0 Å². The lowest BCUT2D eigenvalue weighted by atomic mass is 9.83. The van der Waals surface area contributed by atoms with Crippen molar-refractivity contribution in [2.45, 2.75) is 19.4 Å². The topological polar surface area (TPSA) is 104 Å². The van der Waals surface area contributed by atoms with Crippen molar-refractivity contribution in [3.8, 4) is 29.1 Å². The normalized spacial score (nSPS) is 14.0. The number of nitrogens with zero attached hydrogens (tertiary/aromatic N) is 1.